The van der Waals surface area contributed by atoms with Crippen molar-refractivity contribution in [1.29, 1.82) is 0 Å². The first-order valence-electron chi connectivity index (χ1n) is 6.67. The van der Waals surface area contributed by atoms with Gasteiger partial charge in [0.25, 0.3) is 0 Å². The Morgan fingerprint density at radius 1 is 1.45 bits per heavy atom. The Bertz CT molecular complexity index is 540. The highest BCUT2D eigenvalue weighted by Crippen LogP contribution is 2.25. The Morgan fingerprint density at radius 3 is 2.85 bits per heavy atom. The second-order valence-corrected chi connectivity index (χ2v) is 6.56. The highest BCUT2D eigenvalue weighted by atomic mass is 35.5. The topological polar surface area (TPSA) is 28.2 Å². The van der Waals surface area contributed by atoms with Crippen molar-refractivity contribution < 1.29 is 0 Å². The normalized spacial score (nSPS) is 11.1. The van der Waals surface area contributed by atoms with Gasteiger partial charge in [0.2, 0.25) is 0 Å². The largest absolute Gasteiger partial charge is 0.353 e. The zero-order valence-corrected chi connectivity index (χ0v) is 13.6. The Labute approximate surface area is 129 Å². The molecule has 2 aromatic rings. The average Bonchev–Trinajstić information content (AvgIpc) is 2.89. The first kappa shape index (κ1) is 15.3. The van der Waals surface area contributed by atoms with Gasteiger partial charge >= 0.3 is 0 Å². The fourth-order valence-corrected chi connectivity index (χ4v) is 2.97. The van der Waals surface area contributed by atoms with E-state index < -0.39 is 0 Å². The molecule has 0 bridgehead atoms. The summed E-state index contributed by atoms with van der Waals surface area (Å²) in [4.78, 5) is 7.87. The van der Waals surface area contributed by atoms with Crippen LogP contribution in [0.5, 0.6) is 0 Å². The summed E-state index contributed by atoms with van der Waals surface area (Å²) in [6.07, 6.45) is 1.89. The molecule has 5 heteroatoms. The van der Waals surface area contributed by atoms with Crippen molar-refractivity contribution in [3.8, 4) is 0 Å². The van der Waals surface area contributed by atoms with Crippen LogP contribution in [0.4, 0.5) is 5.82 Å². The van der Waals surface area contributed by atoms with Crippen LogP contribution in [-0.2, 0) is 13.1 Å². The third-order valence-corrected chi connectivity index (χ3v) is 4.07. The molecule has 0 spiro atoms. The van der Waals surface area contributed by atoms with Gasteiger partial charge in [-0.25, -0.2) is 4.98 Å². The van der Waals surface area contributed by atoms with E-state index in [2.05, 4.69) is 46.6 Å². The summed E-state index contributed by atoms with van der Waals surface area (Å²) < 4.78 is 0. The number of thiophene rings is 1. The van der Waals surface area contributed by atoms with Crippen LogP contribution in [0.3, 0.4) is 0 Å². The number of hydrogen-bond acceptors (Lipinski definition) is 4. The molecule has 0 unspecified atom stereocenters. The van der Waals surface area contributed by atoms with Crippen molar-refractivity contribution in [3.05, 3.63) is 45.2 Å². The number of nitrogens with one attached hydrogen (secondary N) is 1. The quantitative estimate of drug-likeness (QED) is 0.876. The first-order chi connectivity index (χ1) is 9.56. The second-order valence-electron chi connectivity index (χ2n) is 5.12. The lowest BCUT2D eigenvalue weighted by molar-refractivity contribution is 0.588. The Hall–Kier alpha value is -1.10. The first-order valence-corrected chi connectivity index (χ1v) is 7.93. The van der Waals surface area contributed by atoms with Crippen LogP contribution < -0.4 is 10.2 Å². The van der Waals surface area contributed by atoms with Gasteiger partial charge in [0, 0.05) is 30.7 Å². The summed E-state index contributed by atoms with van der Waals surface area (Å²) in [6, 6.07) is 6.62. The molecule has 0 atom stereocenters. The molecule has 0 aliphatic heterocycles. The van der Waals surface area contributed by atoms with Gasteiger partial charge < -0.3 is 10.2 Å². The molecular formula is C15H20ClN3S. The van der Waals surface area contributed by atoms with Gasteiger partial charge in [-0.3, -0.25) is 0 Å². The Morgan fingerprint density at radius 2 is 2.25 bits per heavy atom. The predicted octanol–water partition coefficient (Wildman–Crippen LogP) is 3.93. The second kappa shape index (κ2) is 7.07. The highest BCUT2D eigenvalue weighted by Gasteiger charge is 2.10. The Kier molecular flexibility index (Phi) is 5.40. The number of anilines is 1. The molecule has 0 aromatic carbocycles. The van der Waals surface area contributed by atoms with Gasteiger partial charge in [-0.05, 0) is 23.1 Å². The van der Waals surface area contributed by atoms with Crippen molar-refractivity contribution in [3.63, 3.8) is 0 Å². The molecule has 0 amide bonds. The molecular weight excluding hydrogens is 290 g/mol. The van der Waals surface area contributed by atoms with Crippen LogP contribution >= 0.6 is 22.9 Å². The van der Waals surface area contributed by atoms with Crippen molar-refractivity contribution in [1.82, 2.24) is 10.3 Å². The molecule has 2 rings (SSSR count). The third kappa shape index (κ3) is 4.20. The van der Waals surface area contributed by atoms with Gasteiger partial charge in [-0.1, -0.05) is 31.5 Å². The molecule has 0 aliphatic rings. The van der Waals surface area contributed by atoms with Gasteiger partial charge in [0.1, 0.15) is 5.82 Å². The lowest BCUT2D eigenvalue weighted by atomic mass is 10.2. The lowest BCUT2D eigenvalue weighted by Crippen LogP contribution is -2.22. The predicted molar refractivity (Wildman–Crippen MR) is 87.6 cm³/mol. The number of hydrogen-bond donors (Lipinski definition) is 1. The van der Waals surface area contributed by atoms with Crippen molar-refractivity contribution in [2.24, 2.45) is 0 Å². The van der Waals surface area contributed by atoms with Gasteiger partial charge in [0.15, 0.2) is 0 Å². The maximum absolute atomic E-state index is 6.35. The van der Waals surface area contributed by atoms with Crippen LogP contribution in [0.2, 0.25) is 5.02 Å². The van der Waals surface area contributed by atoms with Crippen molar-refractivity contribution in [2.75, 3.05) is 11.9 Å². The van der Waals surface area contributed by atoms with E-state index in [1.165, 1.54) is 4.88 Å². The van der Waals surface area contributed by atoms with Crippen molar-refractivity contribution in [2.45, 2.75) is 33.0 Å². The zero-order chi connectivity index (χ0) is 14.5. The van der Waals surface area contributed by atoms with Crippen LogP contribution in [0.15, 0.2) is 29.8 Å². The molecule has 0 aliphatic carbocycles. The number of rotatable bonds is 6. The lowest BCUT2D eigenvalue weighted by Gasteiger charge is -2.19. The molecule has 3 nitrogen and oxygen atoms in total. The molecule has 2 aromatic heterocycles. The maximum Gasteiger partial charge on any atom is 0.147 e. The Balaban J connectivity index is 2.05. The molecule has 0 saturated carbocycles. The molecule has 108 valence electrons. The third-order valence-electron chi connectivity index (χ3n) is 2.93. The number of nitrogens with zero attached hydrogens (tertiary/aromatic N) is 2. The summed E-state index contributed by atoms with van der Waals surface area (Å²) in [5, 5.41) is 6.15. The summed E-state index contributed by atoms with van der Waals surface area (Å²) in [5.74, 6) is 0.827. The maximum atomic E-state index is 6.35. The molecule has 0 radical (unpaired) electrons. The highest BCUT2D eigenvalue weighted by molar-refractivity contribution is 7.09. The van der Waals surface area contributed by atoms with E-state index in [4.69, 9.17) is 11.6 Å². The summed E-state index contributed by atoms with van der Waals surface area (Å²) in [7, 11) is 2.01. The number of aromatic nitrogens is 1. The van der Waals surface area contributed by atoms with Crippen molar-refractivity contribution >= 4 is 28.8 Å². The van der Waals surface area contributed by atoms with Gasteiger partial charge in [0.05, 0.1) is 11.6 Å². The van der Waals surface area contributed by atoms with E-state index in [0.717, 1.165) is 24.5 Å². The summed E-state index contributed by atoms with van der Waals surface area (Å²) >= 11 is 8.09. The number of pyridine rings is 1. The van der Waals surface area contributed by atoms with Crippen LogP contribution in [0.25, 0.3) is 0 Å². The summed E-state index contributed by atoms with van der Waals surface area (Å²) in [6.45, 7) is 5.86. The minimum atomic E-state index is 0.454. The van der Waals surface area contributed by atoms with E-state index in [0.29, 0.717) is 11.1 Å². The monoisotopic (exact) mass is 309 g/mol. The fraction of sp³-hybridized carbons (Fsp3) is 0.400. The number of halogens is 1. The standard InChI is InChI=1S/C15H20ClN3S/c1-11(2)17-8-12-7-14(16)15(18-9-12)19(3)10-13-5-4-6-20-13/h4-7,9,11,17H,8,10H2,1-3H3. The molecule has 20 heavy (non-hydrogen) atoms. The molecule has 2 heterocycles. The molecule has 0 saturated heterocycles. The molecule has 0 fully saturated rings. The fourth-order valence-electron chi connectivity index (χ4n) is 1.88. The van der Waals surface area contributed by atoms with Crippen LogP contribution in [0.1, 0.15) is 24.3 Å². The minimum absolute atomic E-state index is 0.454. The van der Waals surface area contributed by atoms with E-state index in [9.17, 15) is 0 Å². The van der Waals surface area contributed by atoms with E-state index >= 15 is 0 Å². The zero-order valence-electron chi connectivity index (χ0n) is 12.1. The molecule has 1 N–H and O–H groups in total. The van der Waals surface area contributed by atoms with Crippen LogP contribution in [0, 0.1) is 0 Å². The summed E-state index contributed by atoms with van der Waals surface area (Å²) in [5.41, 5.74) is 1.11. The van der Waals surface area contributed by atoms with E-state index in [-0.39, 0.29) is 0 Å². The van der Waals surface area contributed by atoms with Gasteiger partial charge in [-0.15, -0.1) is 11.3 Å². The SMILES string of the molecule is CC(C)NCc1cnc(N(C)Cc2cccs2)c(Cl)c1. The van der Waals surface area contributed by atoms with Gasteiger partial charge in [-0.2, -0.15) is 0 Å². The van der Waals surface area contributed by atoms with Crippen LogP contribution in [-0.4, -0.2) is 18.1 Å². The van der Waals surface area contributed by atoms with E-state index in [1.807, 2.05) is 19.3 Å². The smallest absolute Gasteiger partial charge is 0.147 e. The van der Waals surface area contributed by atoms with E-state index in [1.54, 1.807) is 11.3 Å². The average molecular weight is 310 g/mol. The minimum Gasteiger partial charge on any atom is -0.353 e.